The van der Waals surface area contributed by atoms with E-state index in [2.05, 4.69) is 16.0 Å². The average molecular weight is 374 g/mol. The molecule has 3 rings (SSSR count). The Morgan fingerprint density at radius 2 is 1.96 bits per heavy atom. The third-order valence-electron chi connectivity index (χ3n) is 3.36. The smallest absolute Gasteiger partial charge is 0.316 e. The molecule has 0 saturated carbocycles. The van der Waals surface area contributed by atoms with Crippen LogP contribution in [0.4, 0.5) is 0 Å². The van der Waals surface area contributed by atoms with Crippen LogP contribution < -0.4 is 4.74 Å². The number of hydrogen-bond donors (Lipinski definition) is 0. The number of fused-ring (bicyclic) bond motifs is 1. The second-order valence-corrected chi connectivity index (χ2v) is 7.36. The minimum absolute atomic E-state index is 0.214. The molecule has 0 N–H and O–H groups in total. The molecule has 7 heteroatoms. The molecule has 5 nitrogen and oxygen atoms in total. The van der Waals surface area contributed by atoms with Crippen LogP contribution in [0.5, 0.6) is 5.75 Å². The van der Waals surface area contributed by atoms with Gasteiger partial charge < -0.3 is 9.47 Å². The summed E-state index contributed by atoms with van der Waals surface area (Å²) >= 11 is 2.92. The summed E-state index contributed by atoms with van der Waals surface area (Å²) in [6, 6.07) is 7.98. The lowest BCUT2D eigenvalue weighted by Crippen LogP contribution is -2.14. The fourth-order valence-corrected chi connectivity index (χ4v) is 3.96. The molecule has 2 heterocycles. The van der Waals surface area contributed by atoms with Crippen molar-refractivity contribution in [1.82, 2.24) is 9.97 Å². The summed E-state index contributed by atoms with van der Waals surface area (Å²) in [6.45, 7) is 4.61. The van der Waals surface area contributed by atoms with Gasteiger partial charge >= 0.3 is 5.97 Å². The van der Waals surface area contributed by atoms with Gasteiger partial charge in [0.05, 0.1) is 5.75 Å². The number of thiophene rings is 1. The number of rotatable bonds is 7. The maximum Gasteiger partial charge on any atom is 0.316 e. The Bertz CT molecular complexity index is 859. The molecule has 0 bridgehead atoms. The average Bonchev–Trinajstić information content (AvgIpc) is 3.05. The van der Waals surface area contributed by atoms with Gasteiger partial charge in [0, 0.05) is 5.39 Å². The van der Waals surface area contributed by atoms with Crippen molar-refractivity contribution in [3.05, 3.63) is 47.1 Å². The zero-order chi connectivity index (χ0) is 17.6. The minimum atomic E-state index is -0.281. The fourth-order valence-electron chi connectivity index (χ4n) is 2.38. The number of hydrogen-bond acceptors (Lipinski definition) is 7. The van der Waals surface area contributed by atoms with E-state index in [9.17, 15) is 4.79 Å². The third-order valence-corrected chi connectivity index (χ3v) is 5.16. The van der Waals surface area contributed by atoms with Gasteiger partial charge in [-0.1, -0.05) is 17.8 Å². The molecule has 0 unspecified atom stereocenters. The largest absolute Gasteiger partial charge is 0.490 e. The van der Waals surface area contributed by atoms with Crippen molar-refractivity contribution in [1.29, 1.82) is 0 Å². The molecule has 0 spiro atoms. The van der Waals surface area contributed by atoms with Gasteiger partial charge in [0.1, 0.15) is 35.1 Å². The number of aromatic nitrogens is 2. The van der Waals surface area contributed by atoms with Gasteiger partial charge in [-0.25, -0.2) is 9.97 Å². The predicted molar refractivity (Wildman–Crippen MR) is 101 cm³/mol. The molecule has 1 aromatic carbocycles. The summed E-state index contributed by atoms with van der Waals surface area (Å²) in [5.41, 5.74) is 2.29. The molecule has 0 aliphatic rings. The van der Waals surface area contributed by atoms with Gasteiger partial charge in [0.2, 0.25) is 0 Å². The number of nitrogens with zero attached hydrogens (tertiary/aromatic N) is 2. The van der Waals surface area contributed by atoms with Gasteiger partial charge in [-0.3, -0.25) is 4.79 Å². The first-order valence-corrected chi connectivity index (χ1v) is 9.66. The minimum Gasteiger partial charge on any atom is -0.490 e. The molecule has 0 amide bonds. The molecular formula is C18H18N2O3S2. The van der Waals surface area contributed by atoms with Crippen LogP contribution in [-0.4, -0.2) is 34.9 Å². The van der Waals surface area contributed by atoms with Crippen LogP contribution in [0.15, 0.2) is 41.0 Å². The van der Waals surface area contributed by atoms with E-state index in [1.165, 1.54) is 18.1 Å². The maximum absolute atomic E-state index is 11.9. The SMILES string of the molecule is Cc1cc(C)cc(OCCOC(=O)CSc2ncnc3sccc23)c1. The van der Waals surface area contributed by atoms with Crippen molar-refractivity contribution in [3.63, 3.8) is 0 Å². The number of carbonyl (C=O) groups excluding carboxylic acids is 1. The van der Waals surface area contributed by atoms with Gasteiger partial charge in [-0.2, -0.15) is 0 Å². The molecule has 3 aromatic rings. The van der Waals surface area contributed by atoms with Gasteiger partial charge in [0.15, 0.2) is 0 Å². The number of ether oxygens (including phenoxy) is 2. The van der Waals surface area contributed by atoms with E-state index in [4.69, 9.17) is 9.47 Å². The topological polar surface area (TPSA) is 61.3 Å². The summed E-state index contributed by atoms with van der Waals surface area (Å²) < 4.78 is 10.8. The predicted octanol–water partition coefficient (Wildman–Crippen LogP) is 4.02. The first-order valence-electron chi connectivity index (χ1n) is 7.79. The highest BCUT2D eigenvalue weighted by atomic mass is 32.2. The first kappa shape index (κ1) is 17.7. The van der Waals surface area contributed by atoms with E-state index >= 15 is 0 Å². The van der Waals surface area contributed by atoms with Crippen LogP contribution in [-0.2, 0) is 9.53 Å². The van der Waals surface area contributed by atoms with Gasteiger partial charge in [-0.15, -0.1) is 11.3 Å². The van der Waals surface area contributed by atoms with Crippen LogP contribution in [0.25, 0.3) is 10.2 Å². The Morgan fingerprint density at radius 1 is 1.16 bits per heavy atom. The Labute approximate surface area is 154 Å². The molecular weight excluding hydrogens is 356 g/mol. The maximum atomic E-state index is 11.9. The molecule has 130 valence electrons. The molecule has 0 atom stereocenters. The molecule has 0 saturated heterocycles. The van der Waals surface area contributed by atoms with E-state index in [0.717, 1.165) is 32.1 Å². The zero-order valence-electron chi connectivity index (χ0n) is 14.0. The number of carbonyl (C=O) groups is 1. The lowest BCUT2D eigenvalue weighted by molar-refractivity contribution is -0.141. The highest BCUT2D eigenvalue weighted by Gasteiger charge is 2.09. The Balaban J connectivity index is 1.42. The zero-order valence-corrected chi connectivity index (χ0v) is 15.7. The Morgan fingerprint density at radius 3 is 2.76 bits per heavy atom. The molecule has 0 aliphatic heterocycles. The highest BCUT2D eigenvalue weighted by Crippen LogP contribution is 2.27. The normalized spacial score (nSPS) is 10.8. The van der Waals surface area contributed by atoms with E-state index in [0.29, 0.717) is 6.61 Å². The van der Waals surface area contributed by atoms with E-state index in [1.54, 1.807) is 11.3 Å². The van der Waals surface area contributed by atoms with E-state index < -0.39 is 0 Å². The van der Waals surface area contributed by atoms with Gasteiger partial charge in [-0.05, 0) is 48.6 Å². The number of aryl methyl sites for hydroxylation is 2. The van der Waals surface area contributed by atoms with Crippen molar-refractivity contribution in [2.45, 2.75) is 18.9 Å². The lowest BCUT2D eigenvalue weighted by Gasteiger charge is -2.09. The van der Waals surface area contributed by atoms with Crippen molar-refractivity contribution in [2.24, 2.45) is 0 Å². The second-order valence-electron chi connectivity index (χ2n) is 5.50. The van der Waals surface area contributed by atoms with Crippen LogP contribution in [0.1, 0.15) is 11.1 Å². The van der Waals surface area contributed by atoms with Crippen LogP contribution in [0.3, 0.4) is 0 Å². The monoisotopic (exact) mass is 374 g/mol. The van der Waals surface area contributed by atoms with Crippen molar-refractivity contribution in [2.75, 3.05) is 19.0 Å². The summed E-state index contributed by atoms with van der Waals surface area (Å²) in [5.74, 6) is 0.727. The summed E-state index contributed by atoms with van der Waals surface area (Å²) in [7, 11) is 0. The lowest BCUT2D eigenvalue weighted by atomic mass is 10.1. The summed E-state index contributed by atoms with van der Waals surface area (Å²) in [5, 5.41) is 3.74. The quantitative estimate of drug-likeness (QED) is 0.269. The summed E-state index contributed by atoms with van der Waals surface area (Å²) in [6.07, 6.45) is 1.52. The molecule has 0 radical (unpaired) electrons. The van der Waals surface area contributed by atoms with Gasteiger partial charge in [0.25, 0.3) is 0 Å². The van der Waals surface area contributed by atoms with Crippen molar-refractivity contribution < 1.29 is 14.3 Å². The molecule has 0 aliphatic carbocycles. The van der Waals surface area contributed by atoms with E-state index in [1.807, 2.05) is 37.4 Å². The third kappa shape index (κ3) is 4.93. The van der Waals surface area contributed by atoms with Crippen LogP contribution in [0.2, 0.25) is 0 Å². The first-order chi connectivity index (χ1) is 12.1. The van der Waals surface area contributed by atoms with E-state index in [-0.39, 0.29) is 18.3 Å². The highest BCUT2D eigenvalue weighted by molar-refractivity contribution is 8.00. The molecule has 25 heavy (non-hydrogen) atoms. The second kappa shape index (κ2) is 8.31. The molecule has 2 aromatic heterocycles. The summed E-state index contributed by atoms with van der Waals surface area (Å²) in [4.78, 5) is 21.2. The van der Waals surface area contributed by atoms with Crippen molar-refractivity contribution >= 4 is 39.3 Å². The standard InChI is InChI=1S/C18H18N2O3S2/c1-12-7-13(2)9-14(8-12)22-4-5-23-16(21)10-25-18-15-3-6-24-17(15)19-11-20-18/h3,6-9,11H,4-5,10H2,1-2H3. The molecule has 0 fully saturated rings. The van der Waals surface area contributed by atoms with Crippen molar-refractivity contribution in [3.8, 4) is 5.75 Å². The Hall–Kier alpha value is -2.12. The van der Waals surface area contributed by atoms with Crippen LogP contribution in [0, 0.1) is 13.8 Å². The number of benzene rings is 1. The number of esters is 1. The Kier molecular flexibility index (Phi) is 5.88. The fraction of sp³-hybridized carbons (Fsp3) is 0.278. The van der Waals surface area contributed by atoms with Crippen LogP contribution >= 0.6 is 23.1 Å². The number of thioether (sulfide) groups is 1.